The Morgan fingerprint density at radius 3 is 2.14 bits per heavy atom. The Kier molecular flexibility index (Phi) is 5.02. The number of hydrogen-bond acceptors (Lipinski definition) is 1. The fraction of sp³-hybridized carbons (Fsp3) is 0.294. The van der Waals surface area contributed by atoms with Gasteiger partial charge in [-0.25, -0.2) is 13.2 Å². The van der Waals surface area contributed by atoms with E-state index in [4.69, 9.17) is 0 Å². The number of halogens is 3. The van der Waals surface area contributed by atoms with Crippen LogP contribution in [0.25, 0.3) is 0 Å². The van der Waals surface area contributed by atoms with Crippen molar-refractivity contribution in [3.05, 3.63) is 71.0 Å². The fourth-order valence-electron chi connectivity index (χ4n) is 2.32. The van der Waals surface area contributed by atoms with Gasteiger partial charge in [0.15, 0.2) is 11.6 Å². The van der Waals surface area contributed by atoms with Gasteiger partial charge < -0.3 is 5.32 Å². The molecule has 1 nitrogen and oxygen atoms in total. The van der Waals surface area contributed by atoms with Crippen LogP contribution in [0.2, 0.25) is 0 Å². The summed E-state index contributed by atoms with van der Waals surface area (Å²) in [5.74, 6) is -2.66. The van der Waals surface area contributed by atoms with E-state index in [1.54, 1.807) is 0 Å². The molecule has 112 valence electrons. The van der Waals surface area contributed by atoms with Crippen molar-refractivity contribution in [2.75, 3.05) is 0 Å². The molecule has 2 aromatic rings. The molecule has 0 amide bonds. The van der Waals surface area contributed by atoms with Crippen LogP contribution in [-0.2, 0) is 6.54 Å². The third-order valence-corrected chi connectivity index (χ3v) is 3.43. The highest BCUT2D eigenvalue weighted by Crippen LogP contribution is 2.22. The maximum absolute atomic E-state index is 13.6. The van der Waals surface area contributed by atoms with Crippen LogP contribution in [0.3, 0.4) is 0 Å². The summed E-state index contributed by atoms with van der Waals surface area (Å²) in [6, 6.07) is 11.3. The van der Waals surface area contributed by atoms with E-state index in [9.17, 15) is 13.2 Å². The molecule has 1 atom stereocenters. The molecule has 0 saturated carbocycles. The largest absolute Gasteiger partial charge is 0.306 e. The lowest BCUT2D eigenvalue weighted by Crippen LogP contribution is -2.25. The van der Waals surface area contributed by atoms with Crippen LogP contribution >= 0.6 is 0 Å². The highest BCUT2D eigenvalue weighted by molar-refractivity contribution is 5.22. The van der Waals surface area contributed by atoms with Crippen LogP contribution < -0.4 is 5.32 Å². The second-order valence-electron chi connectivity index (χ2n) is 5.37. The minimum Gasteiger partial charge on any atom is -0.306 e. The van der Waals surface area contributed by atoms with Gasteiger partial charge in [-0.1, -0.05) is 44.2 Å². The van der Waals surface area contributed by atoms with Crippen LogP contribution in [0.15, 0.2) is 42.5 Å². The molecule has 0 spiro atoms. The average Bonchev–Trinajstić information content (AvgIpc) is 2.45. The number of rotatable bonds is 5. The summed E-state index contributed by atoms with van der Waals surface area (Å²) in [5, 5.41) is 3.21. The molecule has 0 saturated heterocycles. The Morgan fingerprint density at radius 1 is 0.905 bits per heavy atom. The van der Waals surface area contributed by atoms with E-state index < -0.39 is 17.5 Å². The molecule has 0 radical (unpaired) electrons. The Hall–Kier alpha value is -1.81. The normalized spacial score (nSPS) is 12.7. The SMILES string of the molecule is CC(C)C(NCc1cc(F)c(F)cc1F)c1ccccc1. The van der Waals surface area contributed by atoms with Crippen molar-refractivity contribution in [2.24, 2.45) is 5.92 Å². The molecule has 0 fully saturated rings. The van der Waals surface area contributed by atoms with Crippen LogP contribution in [0, 0.1) is 23.4 Å². The molecule has 0 aliphatic rings. The van der Waals surface area contributed by atoms with Gasteiger partial charge >= 0.3 is 0 Å². The predicted molar refractivity (Wildman–Crippen MR) is 77.2 cm³/mol. The van der Waals surface area contributed by atoms with Crippen molar-refractivity contribution in [1.82, 2.24) is 5.32 Å². The van der Waals surface area contributed by atoms with Gasteiger partial charge in [0.25, 0.3) is 0 Å². The zero-order valence-electron chi connectivity index (χ0n) is 12.0. The van der Waals surface area contributed by atoms with Gasteiger partial charge in [-0.05, 0) is 17.5 Å². The van der Waals surface area contributed by atoms with Crippen molar-refractivity contribution in [2.45, 2.75) is 26.4 Å². The number of benzene rings is 2. The monoisotopic (exact) mass is 293 g/mol. The molecule has 0 aromatic heterocycles. The van der Waals surface area contributed by atoms with E-state index in [0.717, 1.165) is 11.6 Å². The maximum Gasteiger partial charge on any atom is 0.161 e. The summed E-state index contributed by atoms with van der Waals surface area (Å²) in [5.41, 5.74) is 1.20. The summed E-state index contributed by atoms with van der Waals surface area (Å²) >= 11 is 0. The van der Waals surface area contributed by atoms with Crippen molar-refractivity contribution in [3.8, 4) is 0 Å². The third-order valence-electron chi connectivity index (χ3n) is 3.43. The van der Waals surface area contributed by atoms with Gasteiger partial charge in [0.05, 0.1) is 0 Å². The van der Waals surface area contributed by atoms with E-state index in [-0.39, 0.29) is 24.1 Å². The molecule has 21 heavy (non-hydrogen) atoms. The first-order valence-corrected chi connectivity index (χ1v) is 6.90. The molecule has 4 heteroatoms. The van der Waals surface area contributed by atoms with E-state index in [1.165, 1.54) is 0 Å². The Labute approximate surface area is 122 Å². The summed E-state index contributed by atoms with van der Waals surface area (Å²) < 4.78 is 39.7. The Balaban J connectivity index is 2.15. The molecule has 0 bridgehead atoms. The van der Waals surface area contributed by atoms with Gasteiger partial charge in [0.1, 0.15) is 5.82 Å². The smallest absolute Gasteiger partial charge is 0.161 e. The van der Waals surface area contributed by atoms with Crippen molar-refractivity contribution >= 4 is 0 Å². The second kappa shape index (κ2) is 6.76. The summed E-state index contributed by atoms with van der Waals surface area (Å²) in [6.07, 6.45) is 0. The molecular weight excluding hydrogens is 275 g/mol. The molecule has 1 unspecified atom stereocenters. The van der Waals surface area contributed by atoms with Gasteiger partial charge in [-0.2, -0.15) is 0 Å². The molecule has 0 heterocycles. The van der Waals surface area contributed by atoms with Gasteiger partial charge in [-0.15, -0.1) is 0 Å². The molecule has 0 aliphatic carbocycles. The van der Waals surface area contributed by atoms with Crippen molar-refractivity contribution in [3.63, 3.8) is 0 Å². The first-order valence-electron chi connectivity index (χ1n) is 6.90. The molecule has 0 aliphatic heterocycles. The number of nitrogens with one attached hydrogen (secondary N) is 1. The summed E-state index contributed by atoms with van der Waals surface area (Å²) in [6.45, 7) is 4.24. The average molecular weight is 293 g/mol. The Bertz CT molecular complexity index is 596. The summed E-state index contributed by atoms with van der Waals surface area (Å²) in [7, 11) is 0. The summed E-state index contributed by atoms with van der Waals surface area (Å²) in [4.78, 5) is 0. The highest BCUT2D eigenvalue weighted by Gasteiger charge is 2.16. The predicted octanol–water partition coefficient (Wildman–Crippen LogP) is 4.59. The lowest BCUT2D eigenvalue weighted by molar-refractivity contribution is 0.404. The van der Waals surface area contributed by atoms with Crippen molar-refractivity contribution < 1.29 is 13.2 Å². The zero-order chi connectivity index (χ0) is 15.4. The molecule has 1 N–H and O–H groups in total. The standard InChI is InChI=1S/C17H18F3N/c1-11(2)17(12-6-4-3-5-7-12)21-10-13-8-15(19)16(20)9-14(13)18/h3-9,11,17,21H,10H2,1-2H3. The van der Waals surface area contributed by atoms with E-state index >= 15 is 0 Å². The molecular formula is C17H18F3N. The van der Waals surface area contributed by atoms with Crippen molar-refractivity contribution in [1.29, 1.82) is 0 Å². The first kappa shape index (κ1) is 15.6. The fourth-order valence-corrected chi connectivity index (χ4v) is 2.32. The lowest BCUT2D eigenvalue weighted by atomic mass is 9.96. The molecule has 2 aromatic carbocycles. The third kappa shape index (κ3) is 3.85. The Morgan fingerprint density at radius 2 is 1.52 bits per heavy atom. The van der Waals surface area contributed by atoms with Crippen LogP contribution in [0.4, 0.5) is 13.2 Å². The maximum atomic E-state index is 13.6. The van der Waals surface area contributed by atoms with Crippen LogP contribution in [0.5, 0.6) is 0 Å². The molecule has 2 rings (SSSR count). The zero-order valence-corrected chi connectivity index (χ0v) is 12.0. The van der Waals surface area contributed by atoms with Crippen LogP contribution in [0.1, 0.15) is 31.0 Å². The van der Waals surface area contributed by atoms with Gasteiger partial charge in [0.2, 0.25) is 0 Å². The van der Waals surface area contributed by atoms with E-state index in [2.05, 4.69) is 5.32 Å². The second-order valence-corrected chi connectivity index (χ2v) is 5.37. The van der Waals surface area contributed by atoms with Gasteiger partial charge in [0, 0.05) is 24.2 Å². The highest BCUT2D eigenvalue weighted by atomic mass is 19.2. The topological polar surface area (TPSA) is 12.0 Å². The van der Waals surface area contributed by atoms with E-state index in [1.807, 2.05) is 44.2 Å². The minimum atomic E-state index is -1.17. The van der Waals surface area contributed by atoms with E-state index in [0.29, 0.717) is 6.07 Å². The minimum absolute atomic E-state index is 0.0127. The van der Waals surface area contributed by atoms with Gasteiger partial charge in [-0.3, -0.25) is 0 Å². The first-order chi connectivity index (χ1) is 9.99. The number of hydrogen-bond donors (Lipinski definition) is 1. The lowest BCUT2D eigenvalue weighted by Gasteiger charge is -2.23. The van der Waals surface area contributed by atoms with Crippen LogP contribution in [-0.4, -0.2) is 0 Å². The quantitative estimate of drug-likeness (QED) is 0.795.